The van der Waals surface area contributed by atoms with E-state index in [2.05, 4.69) is 21.5 Å². The maximum absolute atomic E-state index is 12.6. The molecule has 1 unspecified atom stereocenters. The number of amides is 1. The van der Waals surface area contributed by atoms with E-state index >= 15 is 0 Å². The second kappa shape index (κ2) is 8.95. The van der Waals surface area contributed by atoms with Crippen molar-refractivity contribution in [2.75, 3.05) is 0 Å². The molecule has 0 aliphatic rings. The molecular weight excluding hydrogens is 378 g/mol. The zero-order valence-corrected chi connectivity index (χ0v) is 18.1. The minimum atomic E-state index is -0.125. The first-order valence-corrected chi connectivity index (χ1v) is 10.1. The van der Waals surface area contributed by atoms with Gasteiger partial charge in [0.15, 0.2) is 5.65 Å². The molecule has 3 rings (SSSR count). The molecule has 0 saturated heterocycles. The lowest BCUT2D eigenvalue weighted by Gasteiger charge is -2.17. The summed E-state index contributed by atoms with van der Waals surface area (Å²) in [5.41, 5.74) is 4.69. The number of nitrogens with zero attached hydrogens (tertiary/aromatic N) is 4. The van der Waals surface area contributed by atoms with Gasteiger partial charge in [0.2, 0.25) is 5.91 Å². The van der Waals surface area contributed by atoms with E-state index in [4.69, 9.17) is 4.74 Å². The molecule has 30 heavy (non-hydrogen) atoms. The average Bonchev–Trinajstić information content (AvgIpc) is 3.10. The van der Waals surface area contributed by atoms with E-state index < -0.39 is 0 Å². The van der Waals surface area contributed by atoms with Gasteiger partial charge in [-0.3, -0.25) is 4.79 Å². The number of nitrogens with one attached hydrogen (secondary N) is 1. The van der Waals surface area contributed by atoms with Crippen LogP contribution in [-0.4, -0.2) is 26.6 Å². The normalized spacial score (nSPS) is 12.0. The van der Waals surface area contributed by atoms with Crippen LogP contribution in [0.25, 0.3) is 5.65 Å². The van der Waals surface area contributed by atoms with Gasteiger partial charge in [0.1, 0.15) is 17.4 Å². The Morgan fingerprint density at radius 1 is 1.30 bits per heavy atom. The lowest BCUT2D eigenvalue weighted by Crippen LogP contribution is -2.27. The van der Waals surface area contributed by atoms with Crippen molar-refractivity contribution in [3.63, 3.8) is 0 Å². The van der Waals surface area contributed by atoms with Crippen molar-refractivity contribution in [3.8, 4) is 11.8 Å². The van der Waals surface area contributed by atoms with E-state index in [1.807, 2.05) is 58.9 Å². The number of fused-ring (bicyclic) bond motifs is 1. The molecule has 156 valence electrons. The van der Waals surface area contributed by atoms with Crippen LogP contribution in [0.1, 0.15) is 61.3 Å². The fourth-order valence-electron chi connectivity index (χ4n) is 3.52. The smallest absolute Gasteiger partial charge is 0.220 e. The molecule has 1 atom stereocenters. The predicted molar refractivity (Wildman–Crippen MR) is 114 cm³/mol. The molecule has 0 aliphatic heterocycles. The number of hydrogen-bond acceptors (Lipinski definition) is 5. The van der Waals surface area contributed by atoms with Gasteiger partial charge in [-0.1, -0.05) is 12.1 Å². The summed E-state index contributed by atoms with van der Waals surface area (Å²) < 4.78 is 7.41. The van der Waals surface area contributed by atoms with Crippen LogP contribution in [0.5, 0.6) is 5.75 Å². The Morgan fingerprint density at radius 2 is 2.07 bits per heavy atom. The molecule has 0 fully saturated rings. The molecule has 7 nitrogen and oxygen atoms in total. The van der Waals surface area contributed by atoms with Gasteiger partial charge in [-0.05, 0) is 64.3 Å². The first-order chi connectivity index (χ1) is 14.3. The second-order valence-corrected chi connectivity index (χ2v) is 7.69. The average molecular weight is 406 g/mol. The molecule has 1 N–H and O–H groups in total. The third kappa shape index (κ3) is 4.60. The maximum Gasteiger partial charge on any atom is 0.220 e. The highest BCUT2D eigenvalue weighted by Gasteiger charge is 2.16. The summed E-state index contributed by atoms with van der Waals surface area (Å²) in [5, 5.41) is 16.5. The van der Waals surface area contributed by atoms with Gasteiger partial charge in [-0.2, -0.15) is 10.4 Å². The highest BCUT2D eigenvalue weighted by Crippen LogP contribution is 2.21. The Labute approximate surface area is 176 Å². The van der Waals surface area contributed by atoms with E-state index in [1.165, 1.54) is 6.20 Å². The molecule has 7 heteroatoms. The Hall–Kier alpha value is -3.40. The summed E-state index contributed by atoms with van der Waals surface area (Å²) in [5.74, 6) is 0.764. The minimum absolute atomic E-state index is 0.0326. The molecule has 3 aromatic rings. The predicted octanol–water partition coefficient (Wildman–Crippen LogP) is 3.82. The van der Waals surface area contributed by atoms with Gasteiger partial charge in [-0.15, -0.1) is 0 Å². The number of ether oxygens (including phenoxy) is 1. The fraction of sp³-hybridized carbons (Fsp3) is 0.391. The molecule has 0 spiro atoms. The Morgan fingerprint density at radius 3 is 2.77 bits per heavy atom. The molecule has 2 aromatic heterocycles. The summed E-state index contributed by atoms with van der Waals surface area (Å²) in [7, 11) is 0. The Balaban J connectivity index is 1.67. The first kappa shape index (κ1) is 21.3. The van der Waals surface area contributed by atoms with Crippen LogP contribution in [-0.2, 0) is 11.2 Å². The molecule has 2 heterocycles. The largest absolute Gasteiger partial charge is 0.491 e. The van der Waals surface area contributed by atoms with Gasteiger partial charge in [0.05, 0.1) is 18.3 Å². The van der Waals surface area contributed by atoms with E-state index in [1.54, 1.807) is 4.52 Å². The van der Waals surface area contributed by atoms with Gasteiger partial charge < -0.3 is 10.1 Å². The number of benzene rings is 1. The number of hydrogen-bond donors (Lipinski definition) is 1. The van der Waals surface area contributed by atoms with Crippen molar-refractivity contribution in [1.82, 2.24) is 19.9 Å². The number of carbonyl (C=O) groups excluding carboxylic acids is 1. The molecule has 0 radical (unpaired) electrons. The van der Waals surface area contributed by atoms with Crippen LogP contribution < -0.4 is 10.1 Å². The van der Waals surface area contributed by atoms with Gasteiger partial charge in [0, 0.05) is 17.8 Å². The summed E-state index contributed by atoms with van der Waals surface area (Å²) >= 11 is 0. The fourth-order valence-corrected chi connectivity index (χ4v) is 3.52. The van der Waals surface area contributed by atoms with Crippen LogP contribution in [0.3, 0.4) is 0 Å². The van der Waals surface area contributed by atoms with Crippen molar-refractivity contribution >= 4 is 11.6 Å². The summed E-state index contributed by atoms with van der Waals surface area (Å²) in [6, 6.07) is 9.77. The highest BCUT2D eigenvalue weighted by molar-refractivity contribution is 5.76. The monoisotopic (exact) mass is 405 g/mol. The molecule has 1 aromatic carbocycles. The van der Waals surface area contributed by atoms with Crippen LogP contribution >= 0.6 is 0 Å². The van der Waals surface area contributed by atoms with Crippen molar-refractivity contribution in [2.24, 2.45) is 0 Å². The minimum Gasteiger partial charge on any atom is -0.491 e. The quantitative estimate of drug-likeness (QED) is 0.645. The summed E-state index contributed by atoms with van der Waals surface area (Å²) in [6.45, 7) is 9.77. The number of carbonyl (C=O) groups is 1. The lowest BCUT2D eigenvalue weighted by molar-refractivity contribution is -0.121. The number of aryl methyl sites for hydroxylation is 2. The SMILES string of the molecule is Cc1nc2c(C#N)cnn2c(C)c1CCC(=O)NC(C)c1cccc(OC(C)C)c1. The second-order valence-electron chi connectivity index (χ2n) is 7.69. The zero-order chi connectivity index (χ0) is 21.8. The van der Waals surface area contributed by atoms with Crippen LogP contribution in [0.2, 0.25) is 0 Å². The third-order valence-corrected chi connectivity index (χ3v) is 5.04. The molecule has 0 aliphatic carbocycles. The van der Waals surface area contributed by atoms with E-state index in [0.29, 0.717) is 24.1 Å². The van der Waals surface area contributed by atoms with Crippen molar-refractivity contribution < 1.29 is 9.53 Å². The number of nitriles is 1. The molecule has 0 saturated carbocycles. The lowest BCUT2D eigenvalue weighted by atomic mass is 10.0. The summed E-state index contributed by atoms with van der Waals surface area (Å²) in [4.78, 5) is 17.1. The molecule has 0 bridgehead atoms. The maximum atomic E-state index is 12.6. The zero-order valence-electron chi connectivity index (χ0n) is 18.1. The van der Waals surface area contributed by atoms with E-state index in [9.17, 15) is 10.1 Å². The third-order valence-electron chi connectivity index (χ3n) is 5.04. The van der Waals surface area contributed by atoms with E-state index in [-0.39, 0.29) is 18.1 Å². The summed E-state index contributed by atoms with van der Waals surface area (Å²) in [6.07, 6.45) is 2.51. The Kier molecular flexibility index (Phi) is 6.36. The molecule has 1 amide bonds. The van der Waals surface area contributed by atoms with Crippen LogP contribution in [0.4, 0.5) is 0 Å². The van der Waals surface area contributed by atoms with Crippen molar-refractivity contribution in [1.29, 1.82) is 5.26 Å². The van der Waals surface area contributed by atoms with Crippen LogP contribution in [0.15, 0.2) is 30.5 Å². The first-order valence-electron chi connectivity index (χ1n) is 10.1. The van der Waals surface area contributed by atoms with E-state index in [0.717, 1.165) is 28.3 Å². The van der Waals surface area contributed by atoms with Gasteiger partial charge in [0.25, 0.3) is 0 Å². The van der Waals surface area contributed by atoms with Crippen molar-refractivity contribution in [3.05, 3.63) is 58.5 Å². The van der Waals surface area contributed by atoms with Gasteiger partial charge in [-0.25, -0.2) is 9.50 Å². The number of aromatic nitrogens is 3. The Bertz CT molecular complexity index is 1110. The van der Waals surface area contributed by atoms with Crippen LogP contribution in [0, 0.1) is 25.2 Å². The molecular formula is C23H27N5O2. The van der Waals surface area contributed by atoms with Crippen molar-refractivity contribution in [2.45, 2.75) is 59.6 Å². The standard InChI is InChI=1S/C23H27N5O2/c1-14(2)30-20-8-6-7-18(11-20)15(3)26-22(29)10-9-21-16(4)27-23-19(12-24)13-25-28(23)17(21)5/h6-8,11,13-15H,9-10H2,1-5H3,(H,26,29). The highest BCUT2D eigenvalue weighted by atomic mass is 16.5. The van der Waals surface area contributed by atoms with Gasteiger partial charge >= 0.3 is 0 Å². The topological polar surface area (TPSA) is 92.3 Å². The number of rotatable bonds is 7.